The van der Waals surface area contributed by atoms with Gasteiger partial charge in [-0.25, -0.2) is 14.3 Å². The number of nitrogens with zero attached hydrogens (tertiary/aromatic N) is 5. The number of amides is 2. The Bertz CT molecular complexity index is 851. The molecule has 0 bridgehead atoms. The summed E-state index contributed by atoms with van der Waals surface area (Å²) in [5, 5.41) is 14.7. The summed E-state index contributed by atoms with van der Waals surface area (Å²) in [5.74, 6) is -0.149. The maximum absolute atomic E-state index is 12.5. The number of esters is 1. The summed E-state index contributed by atoms with van der Waals surface area (Å²) in [6, 6.07) is 8.42. The van der Waals surface area contributed by atoms with Crippen LogP contribution in [0.2, 0.25) is 0 Å². The fraction of sp³-hybridized carbons (Fsp3) is 0.312. The Balaban J connectivity index is 2.02. The van der Waals surface area contributed by atoms with Crippen molar-refractivity contribution in [2.45, 2.75) is 11.2 Å². The van der Waals surface area contributed by atoms with E-state index in [2.05, 4.69) is 20.8 Å². The molecular weight excluding hydrogens is 356 g/mol. The molecule has 1 N–H and O–H groups in total. The number of tetrazole rings is 1. The van der Waals surface area contributed by atoms with Gasteiger partial charge in [0.2, 0.25) is 5.16 Å². The normalized spacial score (nSPS) is 17.3. The van der Waals surface area contributed by atoms with E-state index in [0.29, 0.717) is 22.2 Å². The highest BCUT2D eigenvalue weighted by Gasteiger charge is 2.36. The van der Waals surface area contributed by atoms with E-state index in [9.17, 15) is 9.59 Å². The molecule has 1 aliphatic rings. The first-order valence-corrected chi connectivity index (χ1v) is 8.77. The molecule has 9 nitrogen and oxygen atoms in total. The monoisotopic (exact) mass is 374 g/mol. The SMILES string of the molecule is COC(=O)C1=C(CSc2nnnn2C)N(C)C(=O)NC1c1ccccc1. The molecular formula is C16H18N6O3S. The molecule has 1 unspecified atom stereocenters. The van der Waals surface area contributed by atoms with E-state index in [1.165, 1.54) is 28.5 Å². The molecule has 1 aromatic carbocycles. The summed E-state index contributed by atoms with van der Waals surface area (Å²) < 4.78 is 6.51. The van der Waals surface area contributed by atoms with Crippen molar-refractivity contribution in [2.24, 2.45) is 7.05 Å². The molecule has 2 heterocycles. The maximum Gasteiger partial charge on any atom is 0.338 e. The number of nitrogens with one attached hydrogen (secondary N) is 1. The minimum absolute atomic E-state index is 0.293. The quantitative estimate of drug-likeness (QED) is 0.618. The molecule has 1 aromatic heterocycles. The van der Waals surface area contributed by atoms with Crippen LogP contribution >= 0.6 is 11.8 Å². The Labute approximate surface area is 154 Å². The Morgan fingerprint density at radius 3 is 2.65 bits per heavy atom. The molecule has 0 saturated carbocycles. The van der Waals surface area contributed by atoms with Gasteiger partial charge < -0.3 is 10.1 Å². The largest absolute Gasteiger partial charge is 0.466 e. The fourth-order valence-corrected chi connectivity index (χ4v) is 3.59. The van der Waals surface area contributed by atoms with Crippen LogP contribution in [-0.4, -0.2) is 57.0 Å². The molecule has 3 rings (SSSR count). The zero-order valence-corrected chi connectivity index (χ0v) is 15.4. The number of rotatable bonds is 5. The molecule has 2 amide bonds. The third-order valence-electron chi connectivity index (χ3n) is 4.03. The first kappa shape index (κ1) is 17.9. The number of thioether (sulfide) groups is 1. The zero-order valence-electron chi connectivity index (χ0n) is 14.5. The van der Waals surface area contributed by atoms with E-state index < -0.39 is 12.0 Å². The standard InChI is InChI=1S/C16H18N6O3S/c1-21-11(9-26-16-18-19-20-22(16)2)12(14(23)25-3)13(17-15(21)24)10-7-5-4-6-8-10/h4-8,13H,9H2,1-3H3,(H,17,24). The van der Waals surface area contributed by atoms with Crippen LogP contribution in [0.25, 0.3) is 0 Å². The lowest BCUT2D eigenvalue weighted by Crippen LogP contribution is -2.47. The molecule has 0 fully saturated rings. The van der Waals surface area contributed by atoms with Gasteiger partial charge in [0.15, 0.2) is 0 Å². The summed E-state index contributed by atoms with van der Waals surface area (Å²) in [5.41, 5.74) is 1.75. The summed E-state index contributed by atoms with van der Waals surface area (Å²) >= 11 is 1.33. The molecule has 136 valence electrons. The topological polar surface area (TPSA) is 102 Å². The van der Waals surface area contributed by atoms with Crippen LogP contribution in [0.1, 0.15) is 11.6 Å². The maximum atomic E-state index is 12.5. The Morgan fingerprint density at radius 1 is 1.31 bits per heavy atom. The first-order valence-electron chi connectivity index (χ1n) is 7.78. The van der Waals surface area contributed by atoms with Gasteiger partial charge in [-0.05, 0) is 16.0 Å². The third-order valence-corrected chi connectivity index (χ3v) is 5.06. The highest BCUT2D eigenvalue weighted by molar-refractivity contribution is 7.99. The van der Waals surface area contributed by atoms with E-state index in [0.717, 1.165) is 5.56 Å². The molecule has 0 aliphatic carbocycles. The number of hydrogen-bond donors (Lipinski definition) is 1. The van der Waals surface area contributed by atoms with Gasteiger partial charge >= 0.3 is 12.0 Å². The summed E-state index contributed by atoms with van der Waals surface area (Å²) in [7, 11) is 4.66. The second-order valence-electron chi connectivity index (χ2n) is 5.58. The smallest absolute Gasteiger partial charge is 0.338 e. The van der Waals surface area contributed by atoms with Crippen LogP contribution in [-0.2, 0) is 16.6 Å². The van der Waals surface area contributed by atoms with Crippen LogP contribution in [0, 0.1) is 0 Å². The number of methoxy groups -OCH3 is 1. The Hall–Kier alpha value is -2.88. The van der Waals surface area contributed by atoms with Crippen LogP contribution in [0.4, 0.5) is 4.79 Å². The van der Waals surface area contributed by atoms with Crippen molar-refractivity contribution >= 4 is 23.8 Å². The minimum atomic E-state index is -0.583. The second kappa shape index (κ2) is 7.56. The molecule has 10 heteroatoms. The number of ether oxygens (including phenoxy) is 1. The van der Waals surface area contributed by atoms with Gasteiger partial charge in [0.1, 0.15) is 0 Å². The van der Waals surface area contributed by atoms with Crippen LogP contribution in [0.5, 0.6) is 0 Å². The van der Waals surface area contributed by atoms with Gasteiger partial charge in [0.25, 0.3) is 0 Å². The van der Waals surface area contributed by atoms with Crippen molar-refractivity contribution in [3.8, 4) is 0 Å². The van der Waals surface area contributed by atoms with Crippen molar-refractivity contribution < 1.29 is 14.3 Å². The average Bonchev–Trinajstić information content (AvgIpc) is 3.07. The molecule has 1 atom stereocenters. The van der Waals surface area contributed by atoms with Crippen molar-refractivity contribution in [1.29, 1.82) is 0 Å². The number of carbonyl (C=O) groups excluding carboxylic acids is 2. The number of aromatic nitrogens is 4. The first-order chi connectivity index (χ1) is 12.5. The molecule has 2 aromatic rings. The van der Waals surface area contributed by atoms with E-state index in [-0.39, 0.29) is 6.03 Å². The van der Waals surface area contributed by atoms with Gasteiger partial charge in [-0.15, -0.1) is 5.10 Å². The lowest BCUT2D eigenvalue weighted by atomic mass is 9.95. The van der Waals surface area contributed by atoms with Gasteiger partial charge in [-0.2, -0.15) is 0 Å². The lowest BCUT2D eigenvalue weighted by Gasteiger charge is -2.34. The molecule has 1 aliphatic heterocycles. The Morgan fingerprint density at radius 2 is 2.04 bits per heavy atom. The van der Waals surface area contributed by atoms with E-state index >= 15 is 0 Å². The van der Waals surface area contributed by atoms with Gasteiger partial charge in [0.05, 0.1) is 18.7 Å². The van der Waals surface area contributed by atoms with Gasteiger partial charge in [-0.1, -0.05) is 42.1 Å². The number of carbonyl (C=O) groups is 2. The molecule has 0 saturated heterocycles. The van der Waals surface area contributed by atoms with Gasteiger partial charge in [0, 0.05) is 25.5 Å². The predicted molar refractivity (Wildman–Crippen MR) is 94.0 cm³/mol. The summed E-state index contributed by atoms with van der Waals surface area (Å²) in [6.07, 6.45) is 0. The highest BCUT2D eigenvalue weighted by Crippen LogP contribution is 2.33. The lowest BCUT2D eigenvalue weighted by molar-refractivity contribution is -0.136. The number of aryl methyl sites for hydroxylation is 1. The minimum Gasteiger partial charge on any atom is -0.466 e. The average molecular weight is 374 g/mol. The van der Waals surface area contributed by atoms with Crippen molar-refractivity contribution in [1.82, 2.24) is 30.4 Å². The molecule has 0 radical (unpaired) electrons. The predicted octanol–water partition coefficient (Wildman–Crippen LogP) is 1.13. The molecule has 0 spiro atoms. The molecule has 26 heavy (non-hydrogen) atoms. The van der Waals surface area contributed by atoms with E-state index in [1.807, 2.05) is 30.3 Å². The number of hydrogen-bond acceptors (Lipinski definition) is 7. The summed E-state index contributed by atoms with van der Waals surface area (Å²) in [4.78, 5) is 26.4. The summed E-state index contributed by atoms with van der Waals surface area (Å²) in [6.45, 7) is 0. The highest BCUT2D eigenvalue weighted by atomic mass is 32.2. The van der Waals surface area contributed by atoms with Crippen molar-refractivity contribution in [2.75, 3.05) is 19.9 Å². The van der Waals surface area contributed by atoms with Crippen LogP contribution < -0.4 is 5.32 Å². The van der Waals surface area contributed by atoms with Crippen molar-refractivity contribution in [3.63, 3.8) is 0 Å². The third kappa shape index (κ3) is 3.40. The van der Waals surface area contributed by atoms with Crippen LogP contribution in [0.15, 0.2) is 46.8 Å². The fourth-order valence-electron chi connectivity index (χ4n) is 2.65. The van der Waals surface area contributed by atoms with Crippen molar-refractivity contribution in [3.05, 3.63) is 47.2 Å². The number of benzene rings is 1. The van der Waals surface area contributed by atoms with E-state index in [4.69, 9.17) is 4.74 Å². The van der Waals surface area contributed by atoms with Gasteiger partial charge in [-0.3, -0.25) is 4.90 Å². The van der Waals surface area contributed by atoms with E-state index in [1.54, 1.807) is 14.1 Å². The Kier molecular flexibility index (Phi) is 5.21. The second-order valence-corrected chi connectivity index (χ2v) is 6.52. The van der Waals surface area contributed by atoms with Crippen LogP contribution in [0.3, 0.4) is 0 Å². The zero-order chi connectivity index (χ0) is 18.7. The number of urea groups is 1.